The Kier molecular flexibility index (Phi) is 4.82. The number of rotatable bonds is 3. The van der Waals surface area contributed by atoms with Crippen LogP contribution < -0.4 is 4.90 Å². The van der Waals surface area contributed by atoms with Crippen LogP contribution in [0.5, 0.6) is 0 Å². The molecule has 0 atom stereocenters. The molecular formula is C16H17F3N4O2. The second-order valence-corrected chi connectivity index (χ2v) is 5.63. The van der Waals surface area contributed by atoms with Crippen molar-refractivity contribution in [1.29, 1.82) is 0 Å². The number of benzene rings is 1. The van der Waals surface area contributed by atoms with Crippen molar-refractivity contribution in [2.45, 2.75) is 12.9 Å². The standard InChI is InChI=1S/C16H17F3N4O2/c17-16(18,19)23-11-14(10-20-23)21-6-8-22(9-7-21)15(24)25-12-13-4-2-1-3-5-13/h1-5,10-11H,6-9,12H2. The van der Waals surface area contributed by atoms with E-state index in [2.05, 4.69) is 5.10 Å². The van der Waals surface area contributed by atoms with Crippen LogP contribution >= 0.6 is 0 Å². The maximum atomic E-state index is 12.6. The molecule has 0 unspecified atom stereocenters. The van der Waals surface area contributed by atoms with Gasteiger partial charge in [-0.25, -0.2) is 4.79 Å². The Balaban J connectivity index is 1.50. The maximum absolute atomic E-state index is 12.6. The van der Waals surface area contributed by atoms with Crippen LogP contribution in [0.15, 0.2) is 42.7 Å². The van der Waals surface area contributed by atoms with E-state index in [1.54, 1.807) is 9.80 Å². The fourth-order valence-electron chi connectivity index (χ4n) is 2.57. The first kappa shape index (κ1) is 17.1. The van der Waals surface area contributed by atoms with Crippen molar-refractivity contribution in [3.05, 3.63) is 48.3 Å². The highest BCUT2D eigenvalue weighted by atomic mass is 19.4. The van der Waals surface area contributed by atoms with E-state index >= 15 is 0 Å². The molecule has 2 heterocycles. The van der Waals surface area contributed by atoms with Crippen molar-refractivity contribution >= 4 is 11.8 Å². The Bertz CT molecular complexity index is 710. The van der Waals surface area contributed by atoms with Crippen LogP contribution in [-0.4, -0.2) is 47.0 Å². The SMILES string of the molecule is O=C(OCc1ccccc1)N1CCN(c2cnn(C(F)(F)F)c2)CC1. The molecule has 1 fully saturated rings. The van der Waals surface area contributed by atoms with E-state index < -0.39 is 12.4 Å². The number of carbonyl (C=O) groups is 1. The highest BCUT2D eigenvalue weighted by Crippen LogP contribution is 2.24. The van der Waals surface area contributed by atoms with Crippen molar-refractivity contribution in [1.82, 2.24) is 14.7 Å². The molecule has 3 rings (SSSR count). The van der Waals surface area contributed by atoms with Crippen molar-refractivity contribution in [3.63, 3.8) is 0 Å². The van der Waals surface area contributed by atoms with Gasteiger partial charge in [-0.1, -0.05) is 30.3 Å². The Morgan fingerprint density at radius 3 is 2.40 bits per heavy atom. The molecule has 1 aromatic heterocycles. The quantitative estimate of drug-likeness (QED) is 0.851. The predicted octanol–water partition coefficient (Wildman–Crippen LogP) is 2.82. The second kappa shape index (κ2) is 7.04. The lowest BCUT2D eigenvalue weighted by Crippen LogP contribution is -2.48. The summed E-state index contributed by atoms with van der Waals surface area (Å²) in [7, 11) is 0. The summed E-state index contributed by atoms with van der Waals surface area (Å²) in [5, 5.41) is 3.32. The molecule has 6 nitrogen and oxygen atoms in total. The summed E-state index contributed by atoms with van der Waals surface area (Å²) in [5.41, 5.74) is 1.28. The van der Waals surface area contributed by atoms with E-state index in [1.807, 2.05) is 30.3 Å². The smallest absolute Gasteiger partial charge is 0.445 e. The van der Waals surface area contributed by atoms with E-state index in [4.69, 9.17) is 4.74 Å². The average Bonchev–Trinajstić information content (AvgIpc) is 3.11. The fraction of sp³-hybridized carbons (Fsp3) is 0.375. The molecule has 0 spiro atoms. The first-order chi connectivity index (χ1) is 11.9. The third-order valence-corrected chi connectivity index (χ3v) is 3.94. The van der Waals surface area contributed by atoms with Gasteiger partial charge in [-0.3, -0.25) is 0 Å². The molecule has 0 saturated carbocycles. The number of amides is 1. The number of halogens is 3. The Labute approximate surface area is 142 Å². The Morgan fingerprint density at radius 2 is 1.80 bits per heavy atom. The Hall–Kier alpha value is -2.71. The van der Waals surface area contributed by atoms with Crippen molar-refractivity contribution in [3.8, 4) is 0 Å². The average molecular weight is 354 g/mol. The third kappa shape index (κ3) is 4.23. The maximum Gasteiger partial charge on any atom is 0.504 e. The zero-order valence-electron chi connectivity index (χ0n) is 13.3. The molecule has 9 heteroatoms. The lowest BCUT2D eigenvalue weighted by molar-refractivity contribution is -0.212. The van der Waals surface area contributed by atoms with E-state index in [0.717, 1.165) is 11.8 Å². The molecule has 1 amide bonds. The number of nitrogens with zero attached hydrogens (tertiary/aromatic N) is 4. The molecule has 1 saturated heterocycles. The zero-order chi connectivity index (χ0) is 17.9. The van der Waals surface area contributed by atoms with Crippen molar-refractivity contribution < 1.29 is 22.7 Å². The van der Waals surface area contributed by atoms with Crippen LogP contribution in [0.3, 0.4) is 0 Å². The summed E-state index contributed by atoms with van der Waals surface area (Å²) >= 11 is 0. The largest absolute Gasteiger partial charge is 0.504 e. The number of ether oxygens (including phenoxy) is 1. The second-order valence-electron chi connectivity index (χ2n) is 5.63. The molecule has 1 aliphatic heterocycles. The number of carbonyl (C=O) groups excluding carboxylic acids is 1. The van der Waals surface area contributed by atoms with E-state index in [-0.39, 0.29) is 11.3 Å². The predicted molar refractivity (Wildman–Crippen MR) is 83.9 cm³/mol. The van der Waals surface area contributed by atoms with Crippen LogP contribution in [0.2, 0.25) is 0 Å². The summed E-state index contributed by atoms with van der Waals surface area (Å²) in [6, 6.07) is 9.34. The van der Waals surface area contributed by atoms with Gasteiger partial charge < -0.3 is 14.5 Å². The molecule has 0 aliphatic carbocycles. The molecule has 1 aliphatic rings. The van der Waals surface area contributed by atoms with Crippen LogP contribution in [0.4, 0.5) is 23.7 Å². The fourth-order valence-corrected chi connectivity index (χ4v) is 2.57. The highest BCUT2D eigenvalue weighted by Gasteiger charge is 2.32. The number of anilines is 1. The first-order valence-electron chi connectivity index (χ1n) is 7.76. The molecular weight excluding hydrogens is 337 g/mol. The molecule has 0 N–H and O–H groups in total. The van der Waals surface area contributed by atoms with Crippen molar-refractivity contribution in [2.75, 3.05) is 31.1 Å². The summed E-state index contributed by atoms with van der Waals surface area (Å²) in [5.74, 6) is 0. The number of alkyl halides is 3. The van der Waals surface area contributed by atoms with Crippen LogP contribution in [-0.2, 0) is 17.6 Å². The number of aromatic nitrogens is 2. The monoisotopic (exact) mass is 354 g/mol. The molecule has 0 bridgehead atoms. The van der Waals surface area contributed by atoms with Gasteiger partial charge >= 0.3 is 12.4 Å². The van der Waals surface area contributed by atoms with Gasteiger partial charge in [-0.2, -0.15) is 9.78 Å². The summed E-state index contributed by atoms with van der Waals surface area (Å²) in [6.07, 6.45) is -2.82. The number of hydrogen-bond donors (Lipinski definition) is 0. The van der Waals surface area contributed by atoms with E-state index in [0.29, 0.717) is 31.9 Å². The van der Waals surface area contributed by atoms with Gasteiger partial charge in [0.1, 0.15) is 6.61 Å². The Morgan fingerprint density at radius 1 is 1.12 bits per heavy atom. The van der Waals surface area contributed by atoms with E-state index in [1.165, 1.54) is 6.20 Å². The minimum absolute atomic E-state index is 0.0250. The van der Waals surface area contributed by atoms with Crippen molar-refractivity contribution in [2.24, 2.45) is 0 Å². The first-order valence-corrected chi connectivity index (χ1v) is 7.76. The van der Waals surface area contributed by atoms with E-state index in [9.17, 15) is 18.0 Å². The van der Waals surface area contributed by atoms with Gasteiger partial charge in [0, 0.05) is 26.2 Å². The minimum atomic E-state index is -4.53. The molecule has 134 valence electrons. The number of piperazine rings is 1. The molecule has 2 aromatic rings. The minimum Gasteiger partial charge on any atom is -0.445 e. The van der Waals surface area contributed by atoms with Gasteiger partial charge in [0.05, 0.1) is 18.1 Å². The molecule has 0 radical (unpaired) electrons. The molecule has 1 aromatic carbocycles. The van der Waals surface area contributed by atoms with Gasteiger partial charge in [0.25, 0.3) is 0 Å². The summed E-state index contributed by atoms with van der Waals surface area (Å²) in [4.78, 5) is 15.4. The van der Waals surface area contributed by atoms with Gasteiger partial charge in [0.15, 0.2) is 0 Å². The molecule has 25 heavy (non-hydrogen) atoms. The normalized spacial score (nSPS) is 15.3. The van der Waals surface area contributed by atoms with Gasteiger partial charge in [0.2, 0.25) is 0 Å². The van der Waals surface area contributed by atoms with Gasteiger partial charge in [-0.15, -0.1) is 13.2 Å². The topological polar surface area (TPSA) is 50.6 Å². The number of hydrogen-bond acceptors (Lipinski definition) is 4. The third-order valence-electron chi connectivity index (χ3n) is 3.94. The lowest BCUT2D eigenvalue weighted by atomic mass is 10.2. The van der Waals surface area contributed by atoms with Crippen LogP contribution in [0.25, 0.3) is 0 Å². The van der Waals surface area contributed by atoms with Crippen LogP contribution in [0.1, 0.15) is 5.56 Å². The summed E-state index contributed by atoms with van der Waals surface area (Å²) in [6.45, 7) is 1.79. The zero-order valence-corrected chi connectivity index (χ0v) is 13.3. The van der Waals surface area contributed by atoms with Gasteiger partial charge in [-0.05, 0) is 5.56 Å². The summed E-state index contributed by atoms with van der Waals surface area (Å²) < 4.78 is 43.0. The highest BCUT2D eigenvalue weighted by molar-refractivity contribution is 5.68. The lowest BCUT2D eigenvalue weighted by Gasteiger charge is -2.34. The van der Waals surface area contributed by atoms with Crippen LogP contribution in [0, 0.1) is 0 Å².